The molecule has 6 nitrogen and oxygen atoms in total. The first-order valence-electron chi connectivity index (χ1n) is 8.94. The van der Waals surface area contributed by atoms with Crippen LogP contribution in [0.3, 0.4) is 0 Å². The molecule has 1 aromatic carbocycles. The first-order chi connectivity index (χ1) is 12.6. The van der Waals surface area contributed by atoms with Gasteiger partial charge in [-0.1, -0.05) is 30.3 Å². The van der Waals surface area contributed by atoms with Crippen molar-refractivity contribution in [1.29, 1.82) is 0 Å². The van der Waals surface area contributed by atoms with Crippen LogP contribution in [0.4, 0.5) is 0 Å². The average Bonchev–Trinajstić information content (AvgIpc) is 3.36. The second kappa shape index (κ2) is 6.44. The normalized spacial score (nSPS) is 20.1. The van der Waals surface area contributed by atoms with Gasteiger partial charge in [-0.25, -0.2) is 0 Å². The van der Waals surface area contributed by atoms with Crippen LogP contribution < -0.4 is 0 Å². The lowest BCUT2D eigenvalue weighted by atomic mass is 9.96. The van der Waals surface area contributed by atoms with Gasteiger partial charge in [0.15, 0.2) is 11.5 Å². The van der Waals surface area contributed by atoms with E-state index in [0.29, 0.717) is 13.1 Å². The van der Waals surface area contributed by atoms with Crippen LogP contribution in [-0.4, -0.2) is 31.5 Å². The molecule has 1 aliphatic heterocycles. The number of hydrogen-bond donors (Lipinski definition) is 1. The average molecular weight is 351 g/mol. The highest BCUT2D eigenvalue weighted by atomic mass is 16.3. The molecule has 0 unspecified atom stereocenters. The van der Waals surface area contributed by atoms with Crippen LogP contribution in [0.15, 0.2) is 54.1 Å². The molecule has 1 fully saturated rings. The van der Waals surface area contributed by atoms with Gasteiger partial charge in [0, 0.05) is 30.8 Å². The Hall–Kier alpha value is -2.89. The second-order valence-corrected chi connectivity index (χ2v) is 6.85. The number of Topliss-reactive ketones (excluding diaryl/α,β-unsaturated/α-hetero) is 1. The van der Waals surface area contributed by atoms with Gasteiger partial charge in [-0.3, -0.25) is 14.3 Å². The van der Waals surface area contributed by atoms with Gasteiger partial charge in [0.05, 0.1) is 17.8 Å². The number of aliphatic hydroxyl groups excluding tert-OH is 1. The topological polar surface area (TPSA) is 75.4 Å². The molecule has 2 aliphatic rings. The summed E-state index contributed by atoms with van der Waals surface area (Å²) in [5, 5.41) is 14.8. The molecule has 134 valence electrons. The van der Waals surface area contributed by atoms with Gasteiger partial charge >= 0.3 is 0 Å². The maximum Gasteiger partial charge on any atom is 0.290 e. The Bertz CT molecular complexity index is 881. The lowest BCUT2D eigenvalue weighted by molar-refractivity contribution is -0.130. The van der Waals surface area contributed by atoms with Crippen LogP contribution in [0.5, 0.6) is 0 Å². The Labute approximate surface area is 151 Å². The molecule has 1 saturated carbocycles. The van der Waals surface area contributed by atoms with Crippen molar-refractivity contribution < 1.29 is 14.7 Å². The minimum atomic E-state index is -0.587. The summed E-state index contributed by atoms with van der Waals surface area (Å²) in [5.41, 5.74) is 1.93. The van der Waals surface area contributed by atoms with Crippen molar-refractivity contribution in [3.8, 4) is 0 Å². The Morgan fingerprint density at radius 3 is 2.62 bits per heavy atom. The Balaban J connectivity index is 1.74. The van der Waals surface area contributed by atoms with Crippen molar-refractivity contribution in [2.45, 2.75) is 38.9 Å². The molecule has 1 N–H and O–H groups in total. The smallest absolute Gasteiger partial charge is 0.290 e. The molecular formula is C20H21N3O3. The molecule has 0 saturated heterocycles. The van der Waals surface area contributed by atoms with E-state index >= 15 is 0 Å². The second-order valence-electron chi connectivity index (χ2n) is 6.85. The summed E-state index contributed by atoms with van der Waals surface area (Å²) in [6, 6.07) is 8.99. The highest BCUT2D eigenvalue weighted by Crippen LogP contribution is 2.43. The van der Waals surface area contributed by atoms with Crippen LogP contribution in [0.1, 0.15) is 36.9 Å². The fraction of sp³-hybridized carbons (Fsp3) is 0.350. The number of benzene rings is 1. The number of carbonyl (C=O) groups is 2. The molecule has 1 atom stereocenters. The highest BCUT2D eigenvalue weighted by Gasteiger charge is 2.47. The van der Waals surface area contributed by atoms with E-state index in [9.17, 15) is 14.7 Å². The van der Waals surface area contributed by atoms with Crippen molar-refractivity contribution in [2.24, 2.45) is 5.92 Å². The molecular weight excluding hydrogens is 330 g/mol. The third-order valence-corrected chi connectivity index (χ3v) is 5.01. The summed E-state index contributed by atoms with van der Waals surface area (Å²) in [6.07, 6.45) is 5.17. The maximum atomic E-state index is 12.8. The summed E-state index contributed by atoms with van der Waals surface area (Å²) in [4.78, 5) is 27.1. The molecule has 0 spiro atoms. The van der Waals surface area contributed by atoms with Gasteiger partial charge in [0.25, 0.3) is 5.91 Å². The van der Waals surface area contributed by atoms with E-state index in [0.717, 1.165) is 24.0 Å². The Kier molecular flexibility index (Phi) is 4.11. The number of aryl methyl sites for hydroxylation is 1. The molecule has 0 radical (unpaired) electrons. The van der Waals surface area contributed by atoms with Gasteiger partial charge in [-0.05, 0) is 25.3 Å². The number of ketones is 1. The highest BCUT2D eigenvalue weighted by molar-refractivity contribution is 6.10. The molecule has 1 aliphatic carbocycles. The number of amides is 1. The lowest BCUT2D eigenvalue weighted by Gasteiger charge is -2.25. The van der Waals surface area contributed by atoms with E-state index in [-0.39, 0.29) is 17.3 Å². The molecule has 26 heavy (non-hydrogen) atoms. The van der Waals surface area contributed by atoms with Gasteiger partial charge < -0.3 is 10.0 Å². The predicted octanol–water partition coefficient (Wildman–Crippen LogP) is 2.78. The number of carbonyl (C=O) groups excluding carboxylic acids is 2. The third kappa shape index (κ3) is 2.81. The van der Waals surface area contributed by atoms with Crippen LogP contribution >= 0.6 is 0 Å². The summed E-state index contributed by atoms with van der Waals surface area (Å²) in [6.45, 7) is 3.00. The molecule has 0 bridgehead atoms. The number of nitrogens with zero attached hydrogens (tertiary/aromatic N) is 3. The van der Waals surface area contributed by atoms with E-state index in [1.807, 2.05) is 43.5 Å². The zero-order valence-corrected chi connectivity index (χ0v) is 14.6. The maximum absolute atomic E-state index is 12.8. The number of hydrogen-bond acceptors (Lipinski definition) is 4. The quantitative estimate of drug-likeness (QED) is 0.868. The van der Waals surface area contributed by atoms with E-state index in [1.165, 1.54) is 0 Å². The summed E-state index contributed by atoms with van der Waals surface area (Å²) in [7, 11) is 0. The zero-order chi connectivity index (χ0) is 18.3. The third-order valence-electron chi connectivity index (χ3n) is 5.01. The summed E-state index contributed by atoms with van der Waals surface area (Å²) >= 11 is 0. The molecule has 1 aromatic heterocycles. The molecule has 2 aromatic rings. The number of rotatable bonds is 6. The van der Waals surface area contributed by atoms with Crippen molar-refractivity contribution >= 4 is 11.7 Å². The van der Waals surface area contributed by atoms with Crippen molar-refractivity contribution in [3.63, 3.8) is 0 Å². The monoisotopic (exact) mass is 351 g/mol. The lowest BCUT2D eigenvalue weighted by Crippen LogP contribution is -2.30. The van der Waals surface area contributed by atoms with Crippen LogP contribution in [-0.2, 0) is 22.7 Å². The number of aromatic nitrogens is 2. The fourth-order valence-corrected chi connectivity index (χ4v) is 3.45. The first-order valence-corrected chi connectivity index (χ1v) is 8.94. The van der Waals surface area contributed by atoms with Crippen molar-refractivity contribution in [2.75, 3.05) is 0 Å². The molecule has 2 heterocycles. The first kappa shape index (κ1) is 16.6. The van der Waals surface area contributed by atoms with Crippen molar-refractivity contribution in [1.82, 2.24) is 14.7 Å². The SMILES string of the molecule is CCn1cc([C@@H]2C(C(=O)C3CC3)=C(O)C(=O)N2Cc2ccccc2)cn1. The predicted molar refractivity (Wildman–Crippen MR) is 95.0 cm³/mol. The van der Waals surface area contributed by atoms with Crippen LogP contribution in [0.25, 0.3) is 0 Å². The summed E-state index contributed by atoms with van der Waals surface area (Å²) < 4.78 is 1.76. The van der Waals surface area contributed by atoms with Crippen molar-refractivity contribution in [3.05, 3.63) is 65.2 Å². The minimum Gasteiger partial charge on any atom is -0.503 e. The standard InChI is InChI=1S/C20H21N3O3/c1-2-22-12-15(10-21-22)17-16(18(24)14-8-9-14)19(25)20(26)23(17)11-13-6-4-3-5-7-13/h3-7,10,12,14,17,25H,2,8-9,11H2,1H3/t17-/m1/s1. The largest absolute Gasteiger partial charge is 0.503 e. The molecule has 4 rings (SSSR count). The Morgan fingerprint density at radius 1 is 1.27 bits per heavy atom. The van der Waals surface area contributed by atoms with E-state index < -0.39 is 17.7 Å². The van der Waals surface area contributed by atoms with Gasteiger partial charge in [0.1, 0.15) is 0 Å². The van der Waals surface area contributed by atoms with Gasteiger partial charge in [-0.2, -0.15) is 5.10 Å². The van der Waals surface area contributed by atoms with E-state index in [1.54, 1.807) is 15.8 Å². The van der Waals surface area contributed by atoms with Crippen LogP contribution in [0, 0.1) is 5.92 Å². The van der Waals surface area contributed by atoms with Gasteiger partial charge in [-0.15, -0.1) is 0 Å². The molecule has 1 amide bonds. The molecule has 6 heteroatoms. The summed E-state index contributed by atoms with van der Waals surface area (Å²) in [5.74, 6) is -1.08. The van der Waals surface area contributed by atoms with E-state index in [2.05, 4.69) is 5.10 Å². The fourth-order valence-electron chi connectivity index (χ4n) is 3.45. The van der Waals surface area contributed by atoms with Gasteiger partial charge in [0.2, 0.25) is 0 Å². The minimum absolute atomic E-state index is 0.0691. The van der Waals surface area contributed by atoms with E-state index in [4.69, 9.17) is 0 Å². The zero-order valence-electron chi connectivity index (χ0n) is 14.6. The Morgan fingerprint density at radius 2 is 2.00 bits per heavy atom. The number of aliphatic hydroxyl groups is 1. The van der Waals surface area contributed by atoms with Crippen LogP contribution in [0.2, 0.25) is 0 Å².